The Hall–Kier alpha value is -1.80. The van der Waals surface area contributed by atoms with E-state index in [2.05, 4.69) is 25.9 Å². The third-order valence-electron chi connectivity index (χ3n) is 4.02. The normalized spacial score (nSPS) is 25.3. The lowest BCUT2D eigenvalue weighted by molar-refractivity contribution is -0.0206. The second kappa shape index (κ2) is 4.64. The average molecular weight is 276 g/mol. The first-order valence-corrected chi connectivity index (χ1v) is 6.90. The van der Waals surface area contributed by atoms with Gasteiger partial charge in [0.1, 0.15) is 6.10 Å². The fourth-order valence-corrected chi connectivity index (χ4v) is 2.98. The van der Waals surface area contributed by atoms with E-state index in [-0.39, 0.29) is 11.7 Å². The molecule has 0 amide bonds. The van der Waals surface area contributed by atoms with Crippen LogP contribution < -0.4 is 10.1 Å². The van der Waals surface area contributed by atoms with Crippen molar-refractivity contribution >= 4 is 5.65 Å². The Morgan fingerprint density at radius 2 is 2.25 bits per heavy atom. The van der Waals surface area contributed by atoms with Crippen molar-refractivity contribution in [2.45, 2.75) is 31.0 Å². The highest BCUT2D eigenvalue weighted by molar-refractivity contribution is 5.34. The lowest BCUT2D eigenvalue weighted by Gasteiger charge is -2.32. The van der Waals surface area contributed by atoms with E-state index >= 15 is 0 Å². The summed E-state index contributed by atoms with van der Waals surface area (Å²) in [6.45, 7) is 2.65. The first-order valence-electron chi connectivity index (χ1n) is 6.90. The lowest BCUT2D eigenvalue weighted by atomic mass is 9.89. The smallest absolute Gasteiger partial charge is 0.233 e. The molecule has 2 saturated heterocycles. The van der Waals surface area contributed by atoms with Crippen LogP contribution in [0.3, 0.4) is 0 Å². The van der Waals surface area contributed by atoms with Crippen LogP contribution in [-0.2, 0) is 4.74 Å². The maximum Gasteiger partial charge on any atom is 0.233 e. The van der Waals surface area contributed by atoms with Crippen LogP contribution in [0.25, 0.3) is 5.65 Å². The molecular formula is C12H16N6O2. The number of rotatable bonds is 2. The summed E-state index contributed by atoms with van der Waals surface area (Å²) in [5.74, 6) is 0.532. The van der Waals surface area contributed by atoms with Crippen LogP contribution in [0.5, 0.6) is 5.88 Å². The standard InChI is InChI=1S/C12H16N6O2/c1-2-11(15-18-10(1)14-16-17-18)20-9-7-12(19-8-9)3-5-13-6-4-12/h1-2,9,13H,3-8H2. The molecule has 4 rings (SSSR count). The zero-order chi connectivity index (χ0) is 13.4. The molecule has 2 fully saturated rings. The highest BCUT2D eigenvalue weighted by atomic mass is 16.6. The van der Waals surface area contributed by atoms with Crippen LogP contribution in [0.4, 0.5) is 0 Å². The highest BCUT2D eigenvalue weighted by Gasteiger charge is 2.42. The van der Waals surface area contributed by atoms with Crippen molar-refractivity contribution in [1.82, 2.24) is 30.6 Å². The van der Waals surface area contributed by atoms with E-state index < -0.39 is 0 Å². The van der Waals surface area contributed by atoms with Crippen LogP contribution in [0.2, 0.25) is 0 Å². The predicted octanol–water partition coefficient (Wildman–Crippen LogP) is -0.191. The minimum Gasteiger partial charge on any atom is -0.471 e. The Kier molecular flexibility index (Phi) is 2.78. The van der Waals surface area contributed by atoms with Crippen molar-refractivity contribution in [3.63, 3.8) is 0 Å². The number of nitrogens with zero attached hydrogens (tertiary/aromatic N) is 5. The van der Waals surface area contributed by atoms with E-state index in [4.69, 9.17) is 9.47 Å². The molecule has 0 saturated carbocycles. The van der Waals surface area contributed by atoms with Crippen molar-refractivity contribution < 1.29 is 9.47 Å². The highest BCUT2D eigenvalue weighted by Crippen LogP contribution is 2.35. The summed E-state index contributed by atoms with van der Waals surface area (Å²) in [5, 5.41) is 18.7. The largest absolute Gasteiger partial charge is 0.471 e. The maximum atomic E-state index is 6.00. The molecule has 2 aromatic rings. The molecule has 1 N–H and O–H groups in total. The summed E-state index contributed by atoms with van der Waals surface area (Å²) in [6, 6.07) is 3.58. The Balaban J connectivity index is 1.46. The number of fused-ring (bicyclic) bond motifs is 1. The zero-order valence-electron chi connectivity index (χ0n) is 11.0. The second-order valence-electron chi connectivity index (χ2n) is 5.39. The summed E-state index contributed by atoms with van der Waals surface area (Å²) in [4.78, 5) is 0. The van der Waals surface area contributed by atoms with E-state index in [1.54, 1.807) is 12.1 Å². The molecule has 2 aliphatic heterocycles. The molecule has 4 heterocycles. The van der Waals surface area contributed by atoms with Crippen LogP contribution in [0, 0.1) is 0 Å². The molecule has 0 bridgehead atoms. The number of aromatic nitrogens is 5. The van der Waals surface area contributed by atoms with Gasteiger partial charge in [0.15, 0.2) is 5.65 Å². The van der Waals surface area contributed by atoms with Crippen LogP contribution in [0.1, 0.15) is 19.3 Å². The van der Waals surface area contributed by atoms with Crippen molar-refractivity contribution in [2.75, 3.05) is 19.7 Å². The summed E-state index contributed by atoms with van der Waals surface area (Å²) in [5.41, 5.74) is 0.601. The number of tetrazole rings is 1. The van der Waals surface area contributed by atoms with Crippen LogP contribution in [-0.4, -0.2) is 56.7 Å². The number of piperidine rings is 1. The molecule has 20 heavy (non-hydrogen) atoms. The summed E-state index contributed by atoms with van der Waals surface area (Å²) in [6.07, 6.45) is 3.07. The van der Waals surface area contributed by atoms with Gasteiger partial charge in [-0.2, -0.15) is 0 Å². The zero-order valence-corrected chi connectivity index (χ0v) is 11.0. The molecule has 0 aliphatic carbocycles. The van der Waals surface area contributed by atoms with Gasteiger partial charge in [-0.15, -0.1) is 14.8 Å². The quantitative estimate of drug-likeness (QED) is 0.813. The fourth-order valence-electron chi connectivity index (χ4n) is 2.98. The van der Waals surface area contributed by atoms with E-state index in [1.807, 2.05) is 0 Å². The topological polar surface area (TPSA) is 86.5 Å². The molecule has 1 unspecified atom stereocenters. The second-order valence-corrected chi connectivity index (χ2v) is 5.39. The summed E-state index contributed by atoms with van der Waals surface area (Å²) >= 11 is 0. The maximum absolute atomic E-state index is 6.00. The summed E-state index contributed by atoms with van der Waals surface area (Å²) in [7, 11) is 0. The summed E-state index contributed by atoms with van der Waals surface area (Å²) < 4.78 is 13.3. The van der Waals surface area contributed by atoms with Crippen LogP contribution in [0.15, 0.2) is 12.1 Å². The Morgan fingerprint density at radius 3 is 3.15 bits per heavy atom. The molecule has 1 spiro atoms. The van der Waals surface area contributed by atoms with Gasteiger partial charge in [0, 0.05) is 12.5 Å². The minimum absolute atomic E-state index is 0.00513. The van der Waals surface area contributed by atoms with Crippen molar-refractivity contribution in [3.05, 3.63) is 12.1 Å². The van der Waals surface area contributed by atoms with Gasteiger partial charge in [0.25, 0.3) is 0 Å². The van der Waals surface area contributed by atoms with Crippen molar-refractivity contribution in [1.29, 1.82) is 0 Å². The molecule has 106 valence electrons. The molecule has 0 aromatic carbocycles. The molecule has 0 radical (unpaired) electrons. The first kappa shape index (κ1) is 12.0. The third kappa shape index (κ3) is 2.10. The van der Waals surface area contributed by atoms with Crippen molar-refractivity contribution in [2.24, 2.45) is 0 Å². The van der Waals surface area contributed by atoms with E-state index in [0.717, 1.165) is 32.4 Å². The van der Waals surface area contributed by atoms with E-state index in [9.17, 15) is 0 Å². The molecule has 8 nitrogen and oxygen atoms in total. The Morgan fingerprint density at radius 1 is 1.35 bits per heavy atom. The monoisotopic (exact) mass is 276 g/mol. The predicted molar refractivity (Wildman–Crippen MR) is 68.4 cm³/mol. The number of nitrogens with one attached hydrogen (secondary N) is 1. The van der Waals surface area contributed by atoms with E-state index in [0.29, 0.717) is 18.1 Å². The van der Waals surface area contributed by atoms with Gasteiger partial charge in [0.2, 0.25) is 5.88 Å². The van der Waals surface area contributed by atoms with Gasteiger partial charge in [-0.3, -0.25) is 0 Å². The number of hydrogen-bond acceptors (Lipinski definition) is 7. The van der Waals surface area contributed by atoms with Gasteiger partial charge in [0.05, 0.1) is 12.2 Å². The van der Waals surface area contributed by atoms with Gasteiger partial charge in [-0.25, -0.2) is 0 Å². The van der Waals surface area contributed by atoms with Crippen LogP contribution >= 0.6 is 0 Å². The van der Waals surface area contributed by atoms with E-state index in [1.165, 1.54) is 4.63 Å². The fraction of sp³-hybridized carbons (Fsp3) is 0.667. The van der Waals surface area contributed by atoms with Gasteiger partial charge >= 0.3 is 0 Å². The molecule has 8 heteroatoms. The Bertz CT molecular complexity index is 609. The van der Waals surface area contributed by atoms with Gasteiger partial charge in [-0.1, -0.05) is 0 Å². The average Bonchev–Trinajstić information content (AvgIpc) is 3.07. The third-order valence-corrected chi connectivity index (χ3v) is 4.02. The molecule has 1 atom stereocenters. The first-order chi connectivity index (χ1) is 9.83. The lowest BCUT2D eigenvalue weighted by Crippen LogP contribution is -2.41. The SMILES string of the molecule is c1cc2nnnn2nc1OC1COC2(CCNCC2)C1. The van der Waals surface area contributed by atoms with Crippen molar-refractivity contribution in [3.8, 4) is 5.88 Å². The Labute approximate surface area is 115 Å². The van der Waals surface area contributed by atoms with Gasteiger partial charge in [-0.05, 0) is 42.4 Å². The molecule has 2 aromatic heterocycles. The molecule has 2 aliphatic rings. The van der Waals surface area contributed by atoms with Gasteiger partial charge < -0.3 is 14.8 Å². The number of ether oxygens (including phenoxy) is 2. The minimum atomic E-state index is -0.00513. The molecular weight excluding hydrogens is 260 g/mol. The number of hydrogen-bond donors (Lipinski definition) is 1.